The molecule has 0 saturated heterocycles. The fraction of sp³-hybridized carbons (Fsp3) is 0.400. The van der Waals surface area contributed by atoms with Gasteiger partial charge in [-0.25, -0.2) is 4.79 Å². The number of hydrogen-bond donors (Lipinski definition) is 0. The largest absolute Gasteiger partial charge is 0.462 e. The molecule has 1 atom stereocenters. The van der Waals surface area contributed by atoms with Crippen molar-refractivity contribution in [2.24, 2.45) is 0 Å². The van der Waals surface area contributed by atoms with Crippen molar-refractivity contribution in [3.05, 3.63) is 48.0 Å². The van der Waals surface area contributed by atoms with Crippen LogP contribution in [-0.2, 0) is 20.0 Å². The molecule has 4 heteroatoms. The van der Waals surface area contributed by atoms with Gasteiger partial charge in [-0.2, -0.15) is 0 Å². The van der Waals surface area contributed by atoms with Gasteiger partial charge in [0.25, 0.3) is 0 Å². The molecule has 0 bridgehead atoms. The first-order valence-corrected chi connectivity index (χ1v) is 8.63. The Morgan fingerprint density at radius 1 is 1.32 bits per heavy atom. The summed E-state index contributed by atoms with van der Waals surface area (Å²) >= 11 is 0. The van der Waals surface area contributed by atoms with Gasteiger partial charge >= 0.3 is 5.97 Å². The summed E-state index contributed by atoms with van der Waals surface area (Å²) in [5.74, 6) is -0.307. The topological polar surface area (TPSA) is 35.5 Å². The van der Waals surface area contributed by atoms with E-state index in [-0.39, 0.29) is 5.97 Å². The van der Waals surface area contributed by atoms with E-state index < -0.39 is 9.04 Å². The lowest BCUT2D eigenvalue weighted by molar-refractivity contribution is -0.138. The van der Waals surface area contributed by atoms with Gasteiger partial charge in [0.2, 0.25) is 0 Å². The molecule has 3 nitrogen and oxygen atoms in total. The Morgan fingerprint density at radius 2 is 2.00 bits per heavy atom. The standard InChI is InChI=1S/C15H22O3Si/c1-13(2)15(16)18-10-7-11-19(17-3)12-14-8-5-4-6-9-14/h4-6,8-9,19H,1,7,10-12H2,2-3H3. The molecule has 0 heterocycles. The summed E-state index contributed by atoms with van der Waals surface area (Å²) in [6.07, 6.45) is 0.858. The summed E-state index contributed by atoms with van der Waals surface area (Å²) in [5.41, 5.74) is 1.77. The van der Waals surface area contributed by atoms with Crippen LogP contribution in [0.15, 0.2) is 42.5 Å². The molecule has 0 aliphatic carbocycles. The van der Waals surface area contributed by atoms with E-state index in [4.69, 9.17) is 9.16 Å². The summed E-state index contributed by atoms with van der Waals surface area (Å²) < 4.78 is 10.7. The van der Waals surface area contributed by atoms with Gasteiger partial charge in [0.05, 0.1) is 6.61 Å². The number of carbonyl (C=O) groups is 1. The number of benzene rings is 1. The highest BCUT2D eigenvalue weighted by Gasteiger charge is 2.11. The van der Waals surface area contributed by atoms with Gasteiger partial charge in [0, 0.05) is 12.7 Å². The van der Waals surface area contributed by atoms with Gasteiger partial charge in [-0.3, -0.25) is 0 Å². The quantitative estimate of drug-likeness (QED) is 0.317. The Bertz CT molecular complexity index is 403. The third kappa shape index (κ3) is 6.36. The van der Waals surface area contributed by atoms with E-state index in [2.05, 4.69) is 18.7 Å². The summed E-state index contributed by atoms with van der Waals surface area (Å²) in [6.45, 7) is 5.66. The number of esters is 1. The molecule has 0 N–H and O–H groups in total. The van der Waals surface area contributed by atoms with Crippen LogP contribution in [0.4, 0.5) is 0 Å². The van der Waals surface area contributed by atoms with Gasteiger partial charge in [0.1, 0.15) is 0 Å². The van der Waals surface area contributed by atoms with Crippen molar-refractivity contribution in [2.45, 2.75) is 25.4 Å². The maximum atomic E-state index is 11.2. The van der Waals surface area contributed by atoms with E-state index in [0.29, 0.717) is 12.2 Å². The molecular formula is C15H22O3Si. The lowest BCUT2D eigenvalue weighted by Gasteiger charge is -2.13. The minimum Gasteiger partial charge on any atom is -0.462 e. The highest BCUT2D eigenvalue weighted by Crippen LogP contribution is 2.08. The number of ether oxygens (including phenoxy) is 1. The first-order chi connectivity index (χ1) is 9.13. The average Bonchev–Trinajstić information content (AvgIpc) is 2.42. The Kier molecular flexibility index (Phi) is 7.14. The molecule has 1 rings (SSSR count). The van der Waals surface area contributed by atoms with Crippen LogP contribution in [-0.4, -0.2) is 28.7 Å². The normalized spacial score (nSPS) is 11.9. The fourth-order valence-electron chi connectivity index (χ4n) is 1.78. The van der Waals surface area contributed by atoms with Crippen molar-refractivity contribution >= 4 is 15.0 Å². The zero-order valence-corrected chi connectivity index (χ0v) is 12.9. The molecule has 0 spiro atoms. The maximum Gasteiger partial charge on any atom is 0.333 e. The second kappa shape index (κ2) is 8.66. The summed E-state index contributed by atoms with van der Waals surface area (Å²) in [5, 5.41) is 0. The van der Waals surface area contributed by atoms with Crippen LogP contribution >= 0.6 is 0 Å². The maximum absolute atomic E-state index is 11.2. The van der Waals surface area contributed by atoms with Crippen LogP contribution in [0.2, 0.25) is 6.04 Å². The van der Waals surface area contributed by atoms with Gasteiger partial charge in [-0.05, 0) is 31.0 Å². The predicted octanol–water partition coefficient (Wildman–Crippen LogP) is 2.65. The van der Waals surface area contributed by atoms with Crippen LogP contribution in [0.25, 0.3) is 0 Å². The Morgan fingerprint density at radius 3 is 2.58 bits per heavy atom. The molecule has 0 aromatic heterocycles. The molecule has 1 aromatic rings. The lowest BCUT2D eigenvalue weighted by atomic mass is 10.2. The molecule has 0 amide bonds. The molecule has 19 heavy (non-hydrogen) atoms. The Hall–Kier alpha value is -1.39. The molecule has 0 aliphatic heterocycles. The van der Waals surface area contributed by atoms with Crippen molar-refractivity contribution in [3.8, 4) is 0 Å². The van der Waals surface area contributed by atoms with Crippen molar-refractivity contribution in [1.82, 2.24) is 0 Å². The Balaban J connectivity index is 2.26. The fourth-order valence-corrected chi connectivity index (χ4v) is 3.81. The van der Waals surface area contributed by atoms with Gasteiger partial charge < -0.3 is 9.16 Å². The van der Waals surface area contributed by atoms with E-state index in [1.54, 1.807) is 14.0 Å². The smallest absolute Gasteiger partial charge is 0.333 e. The third-order valence-corrected chi connectivity index (χ3v) is 5.54. The third-order valence-electron chi connectivity index (χ3n) is 2.89. The first kappa shape index (κ1) is 15.7. The van der Waals surface area contributed by atoms with Crippen molar-refractivity contribution in [1.29, 1.82) is 0 Å². The number of hydrogen-bond acceptors (Lipinski definition) is 3. The molecular weight excluding hydrogens is 256 g/mol. The SMILES string of the molecule is C=C(C)C(=O)OCCC[SiH](Cc1ccccc1)OC. The van der Waals surface area contributed by atoms with E-state index in [0.717, 1.165) is 18.5 Å². The molecule has 0 radical (unpaired) electrons. The van der Waals surface area contributed by atoms with Crippen LogP contribution in [0.5, 0.6) is 0 Å². The average molecular weight is 278 g/mol. The minimum absolute atomic E-state index is 0.307. The number of carbonyl (C=O) groups excluding carboxylic acids is 1. The molecule has 0 aliphatic rings. The monoisotopic (exact) mass is 278 g/mol. The van der Waals surface area contributed by atoms with E-state index in [1.807, 2.05) is 18.2 Å². The molecule has 0 saturated carbocycles. The zero-order chi connectivity index (χ0) is 14.1. The van der Waals surface area contributed by atoms with Crippen molar-refractivity contribution in [3.63, 3.8) is 0 Å². The van der Waals surface area contributed by atoms with Gasteiger partial charge in [-0.15, -0.1) is 0 Å². The summed E-state index contributed by atoms with van der Waals surface area (Å²) in [7, 11) is 0.537. The van der Waals surface area contributed by atoms with Crippen LogP contribution in [0.3, 0.4) is 0 Å². The molecule has 1 aromatic carbocycles. The zero-order valence-electron chi connectivity index (χ0n) is 11.7. The first-order valence-electron chi connectivity index (χ1n) is 6.53. The summed E-state index contributed by atoms with van der Waals surface area (Å²) in [4.78, 5) is 11.2. The van der Waals surface area contributed by atoms with Crippen molar-refractivity contribution < 1.29 is 14.0 Å². The number of rotatable bonds is 8. The van der Waals surface area contributed by atoms with Gasteiger partial charge in [-0.1, -0.05) is 36.9 Å². The highest BCUT2D eigenvalue weighted by molar-refractivity contribution is 6.51. The lowest BCUT2D eigenvalue weighted by Crippen LogP contribution is -2.20. The summed E-state index contributed by atoms with van der Waals surface area (Å²) in [6, 6.07) is 12.4. The minimum atomic E-state index is -1.24. The van der Waals surface area contributed by atoms with E-state index in [9.17, 15) is 4.79 Å². The van der Waals surface area contributed by atoms with E-state index in [1.165, 1.54) is 5.56 Å². The van der Waals surface area contributed by atoms with Crippen LogP contribution in [0.1, 0.15) is 18.9 Å². The molecule has 1 unspecified atom stereocenters. The molecule has 0 fully saturated rings. The predicted molar refractivity (Wildman–Crippen MR) is 79.5 cm³/mol. The molecule has 104 valence electrons. The van der Waals surface area contributed by atoms with Gasteiger partial charge in [0.15, 0.2) is 9.04 Å². The Labute approximate surface area is 117 Å². The van der Waals surface area contributed by atoms with Crippen LogP contribution in [0, 0.1) is 0 Å². The second-order valence-electron chi connectivity index (χ2n) is 4.61. The van der Waals surface area contributed by atoms with Crippen LogP contribution < -0.4 is 0 Å². The van der Waals surface area contributed by atoms with Crippen molar-refractivity contribution in [2.75, 3.05) is 13.7 Å². The second-order valence-corrected chi connectivity index (χ2v) is 7.31. The van der Waals surface area contributed by atoms with E-state index >= 15 is 0 Å². The highest BCUT2D eigenvalue weighted by atomic mass is 28.3.